The average molecular weight is 495 g/mol. The Morgan fingerprint density at radius 3 is 2.63 bits per heavy atom. The van der Waals surface area contributed by atoms with E-state index in [1.54, 1.807) is 12.1 Å². The van der Waals surface area contributed by atoms with E-state index < -0.39 is 16.3 Å². The lowest BCUT2D eigenvalue weighted by Crippen LogP contribution is -2.42. The van der Waals surface area contributed by atoms with Crippen molar-refractivity contribution in [3.05, 3.63) is 79.8 Å². The van der Waals surface area contributed by atoms with Gasteiger partial charge in [0.15, 0.2) is 17.3 Å². The number of Topliss-reactive ketones (excluding diaryl/α,β-unsaturated/α-hetero) is 1. The number of nitrogens with two attached hydrogens (primary N) is 1. The van der Waals surface area contributed by atoms with E-state index in [0.717, 1.165) is 0 Å². The normalized spacial score (nSPS) is 19.3. The largest absolute Gasteiger partial charge is 0.504 e. The van der Waals surface area contributed by atoms with Crippen LogP contribution in [0.3, 0.4) is 0 Å². The van der Waals surface area contributed by atoms with Crippen LogP contribution in [0.15, 0.2) is 59.1 Å². The van der Waals surface area contributed by atoms with Gasteiger partial charge in [-0.25, -0.2) is 0 Å². The topological polar surface area (TPSA) is 143 Å². The molecule has 2 aromatic rings. The maximum Gasteiger partial charge on any atom is 0.294 e. The highest BCUT2D eigenvalue weighted by molar-refractivity contribution is 6.31. The molecule has 0 amide bonds. The van der Waals surface area contributed by atoms with Gasteiger partial charge in [-0.05, 0) is 41.7 Å². The van der Waals surface area contributed by atoms with Crippen LogP contribution in [0, 0.1) is 26.9 Å². The monoisotopic (exact) mass is 494 g/mol. The van der Waals surface area contributed by atoms with E-state index in [0.29, 0.717) is 23.3 Å². The Labute approximate surface area is 206 Å². The minimum Gasteiger partial charge on any atom is -0.504 e. The van der Waals surface area contributed by atoms with Crippen LogP contribution in [0.25, 0.3) is 0 Å². The number of phenols is 1. The number of nitro groups is 1. The van der Waals surface area contributed by atoms with Crippen molar-refractivity contribution in [1.29, 1.82) is 5.26 Å². The van der Waals surface area contributed by atoms with Crippen molar-refractivity contribution in [3.63, 3.8) is 0 Å². The minimum absolute atomic E-state index is 0.0146. The van der Waals surface area contributed by atoms with E-state index in [4.69, 9.17) is 22.1 Å². The van der Waals surface area contributed by atoms with E-state index in [1.165, 1.54) is 36.3 Å². The van der Waals surface area contributed by atoms with Gasteiger partial charge < -0.3 is 15.6 Å². The number of carbonyl (C=O) groups excluding carboxylic acids is 1. The number of benzene rings is 2. The summed E-state index contributed by atoms with van der Waals surface area (Å²) < 4.78 is 5.23. The molecular formula is C25H23ClN4O5. The molecule has 0 saturated carbocycles. The van der Waals surface area contributed by atoms with Gasteiger partial charge in [-0.15, -0.1) is 0 Å². The number of phenolic OH excluding ortho intramolecular Hbond substituents is 1. The number of aromatic hydroxyl groups is 1. The summed E-state index contributed by atoms with van der Waals surface area (Å²) in [6, 6.07) is 10.9. The molecule has 1 heterocycles. The first kappa shape index (κ1) is 24.1. The van der Waals surface area contributed by atoms with Gasteiger partial charge in [0.05, 0.1) is 29.6 Å². The molecule has 35 heavy (non-hydrogen) atoms. The quantitative estimate of drug-likeness (QED) is 0.451. The summed E-state index contributed by atoms with van der Waals surface area (Å²) >= 11 is 6.03. The first-order chi connectivity index (χ1) is 16.5. The Kier molecular flexibility index (Phi) is 5.95. The lowest BCUT2D eigenvalue weighted by Gasteiger charge is -2.43. The summed E-state index contributed by atoms with van der Waals surface area (Å²) in [5.74, 6) is -0.934. The predicted molar refractivity (Wildman–Crippen MR) is 130 cm³/mol. The zero-order valence-electron chi connectivity index (χ0n) is 19.3. The van der Waals surface area contributed by atoms with Gasteiger partial charge in [0.25, 0.3) is 5.69 Å². The third-order valence-electron chi connectivity index (χ3n) is 6.29. The second kappa shape index (κ2) is 8.64. The van der Waals surface area contributed by atoms with Crippen molar-refractivity contribution in [2.45, 2.75) is 32.6 Å². The van der Waals surface area contributed by atoms with Gasteiger partial charge in [-0.2, -0.15) is 5.26 Å². The molecule has 2 aromatic carbocycles. The van der Waals surface area contributed by atoms with Crippen LogP contribution in [0.5, 0.6) is 11.5 Å². The van der Waals surface area contributed by atoms with E-state index in [2.05, 4.69) is 6.07 Å². The van der Waals surface area contributed by atoms with Crippen LogP contribution >= 0.6 is 11.6 Å². The van der Waals surface area contributed by atoms with Gasteiger partial charge in [0.1, 0.15) is 11.5 Å². The Hall–Kier alpha value is -4.03. The van der Waals surface area contributed by atoms with Crippen LogP contribution in [0.2, 0.25) is 5.02 Å². The van der Waals surface area contributed by atoms with Gasteiger partial charge >= 0.3 is 0 Å². The molecule has 3 N–H and O–H groups in total. The highest BCUT2D eigenvalue weighted by atomic mass is 35.5. The van der Waals surface area contributed by atoms with Crippen molar-refractivity contribution >= 4 is 28.8 Å². The molecule has 1 aliphatic carbocycles. The maximum atomic E-state index is 13.6. The van der Waals surface area contributed by atoms with Crippen molar-refractivity contribution < 1.29 is 19.6 Å². The Morgan fingerprint density at radius 2 is 2.00 bits per heavy atom. The number of nitrogens with zero attached hydrogens (tertiary/aromatic N) is 3. The number of anilines is 1. The van der Waals surface area contributed by atoms with Gasteiger partial charge in [0, 0.05) is 28.8 Å². The van der Waals surface area contributed by atoms with E-state index in [1.807, 2.05) is 13.8 Å². The lowest BCUT2D eigenvalue weighted by molar-refractivity contribution is -0.384. The summed E-state index contributed by atoms with van der Waals surface area (Å²) in [7, 11) is 1.40. The standard InChI is InChI=1S/C25H23ClN4O5/c1-25(2)10-18-23(20(32)11-25)22(13-4-7-19(31)21(8-13)35-3)15(12-27)24(28)29(18)16-6-5-14(26)9-17(16)30(33)34/h4-9,22,31H,10-11,28H2,1-3H3. The third kappa shape index (κ3) is 4.06. The highest BCUT2D eigenvalue weighted by Gasteiger charge is 2.45. The summed E-state index contributed by atoms with van der Waals surface area (Å²) in [5.41, 5.74) is 7.34. The Morgan fingerprint density at radius 1 is 1.29 bits per heavy atom. The van der Waals surface area contributed by atoms with Crippen LogP contribution in [-0.4, -0.2) is 22.9 Å². The average Bonchev–Trinajstić information content (AvgIpc) is 2.78. The molecule has 4 rings (SSSR count). The molecule has 1 atom stereocenters. The number of allylic oxidation sites excluding steroid dienone is 3. The molecule has 0 saturated heterocycles. The predicted octanol–water partition coefficient (Wildman–Crippen LogP) is 4.90. The minimum atomic E-state index is -0.823. The molecule has 0 aromatic heterocycles. The third-order valence-corrected chi connectivity index (χ3v) is 6.53. The van der Waals surface area contributed by atoms with E-state index in [9.17, 15) is 25.3 Å². The number of hydrogen-bond acceptors (Lipinski definition) is 8. The van der Waals surface area contributed by atoms with Crippen LogP contribution in [0.4, 0.5) is 11.4 Å². The number of halogens is 1. The molecule has 0 bridgehead atoms. The summed E-state index contributed by atoms with van der Waals surface area (Å²) in [6.45, 7) is 3.86. The molecule has 1 aliphatic heterocycles. The second-order valence-corrected chi connectivity index (χ2v) is 9.74. The number of hydrogen-bond donors (Lipinski definition) is 2. The number of nitriles is 1. The fraction of sp³-hybridized carbons (Fsp3) is 0.280. The maximum absolute atomic E-state index is 13.6. The first-order valence-corrected chi connectivity index (χ1v) is 11.1. The van der Waals surface area contributed by atoms with Crippen molar-refractivity contribution in [2.75, 3.05) is 12.0 Å². The van der Waals surface area contributed by atoms with Crippen LogP contribution < -0.4 is 15.4 Å². The van der Waals surface area contributed by atoms with Crippen LogP contribution in [-0.2, 0) is 4.79 Å². The number of nitro benzene ring substituents is 1. The molecule has 1 unspecified atom stereocenters. The zero-order chi connectivity index (χ0) is 25.7. The van der Waals surface area contributed by atoms with Crippen molar-refractivity contribution in [3.8, 4) is 17.6 Å². The molecule has 0 fully saturated rings. The fourth-order valence-corrected chi connectivity index (χ4v) is 4.99. The summed E-state index contributed by atoms with van der Waals surface area (Å²) in [4.78, 5) is 26.3. The molecule has 0 radical (unpaired) electrons. The molecule has 0 spiro atoms. The highest BCUT2D eigenvalue weighted by Crippen LogP contribution is 2.52. The SMILES string of the molecule is COc1cc(C2C(C#N)=C(N)N(c3ccc(Cl)cc3[N+](=O)[O-])C3=C2C(=O)CC(C)(C)C3)ccc1O. The van der Waals surface area contributed by atoms with Crippen molar-refractivity contribution in [1.82, 2.24) is 0 Å². The van der Waals surface area contributed by atoms with E-state index in [-0.39, 0.29) is 51.5 Å². The molecular weight excluding hydrogens is 472 g/mol. The summed E-state index contributed by atoms with van der Waals surface area (Å²) in [5, 5.41) is 32.3. The number of ketones is 1. The number of rotatable bonds is 4. The molecule has 2 aliphatic rings. The molecule has 10 heteroatoms. The number of carbonyl (C=O) groups is 1. The second-order valence-electron chi connectivity index (χ2n) is 9.30. The Bertz CT molecular complexity index is 1370. The molecule has 9 nitrogen and oxygen atoms in total. The summed E-state index contributed by atoms with van der Waals surface area (Å²) in [6.07, 6.45) is 0.617. The lowest BCUT2D eigenvalue weighted by atomic mass is 9.68. The molecule has 180 valence electrons. The fourth-order valence-electron chi connectivity index (χ4n) is 4.82. The van der Waals surface area contributed by atoms with Crippen molar-refractivity contribution in [2.24, 2.45) is 11.1 Å². The number of methoxy groups -OCH3 is 1. The zero-order valence-corrected chi connectivity index (χ0v) is 20.1. The first-order valence-electron chi connectivity index (χ1n) is 10.8. The number of ether oxygens (including phenoxy) is 1. The smallest absolute Gasteiger partial charge is 0.294 e. The van der Waals surface area contributed by atoms with Crippen LogP contribution in [0.1, 0.15) is 38.2 Å². The Balaban J connectivity index is 2.05. The van der Waals surface area contributed by atoms with Gasteiger partial charge in [-0.3, -0.25) is 19.8 Å². The van der Waals surface area contributed by atoms with E-state index >= 15 is 0 Å². The van der Waals surface area contributed by atoms with Gasteiger partial charge in [-0.1, -0.05) is 31.5 Å². The van der Waals surface area contributed by atoms with Gasteiger partial charge in [0.2, 0.25) is 0 Å².